The van der Waals surface area contributed by atoms with Gasteiger partial charge in [0.2, 0.25) is 0 Å². The van der Waals surface area contributed by atoms with Crippen LogP contribution in [0.25, 0.3) is 11.1 Å². The summed E-state index contributed by atoms with van der Waals surface area (Å²) in [4.78, 5) is 29.7. The van der Waals surface area contributed by atoms with Crippen LogP contribution in [0.15, 0.2) is 77.8 Å². The number of ether oxygens (including phenoxy) is 1. The Morgan fingerprint density at radius 3 is 2.51 bits per heavy atom. The molecule has 1 atom stereocenters. The zero-order chi connectivity index (χ0) is 25.0. The molecule has 7 heteroatoms. The van der Waals surface area contributed by atoms with E-state index in [1.807, 2.05) is 31.2 Å². The maximum absolute atomic E-state index is 13.7. The maximum atomic E-state index is 13.7. The minimum absolute atomic E-state index is 0.197. The summed E-state index contributed by atoms with van der Waals surface area (Å²) < 4.78 is 5.99. The molecular weight excluding hydrogens is 485 g/mol. The molecule has 0 spiro atoms. The number of carboxylic acids is 1. The summed E-state index contributed by atoms with van der Waals surface area (Å²) in [5, 5.41) is 10.1. The molecule has 1 unspecified atom stereocenters. The largest absolute Gasteiger partial charge is 0.493 e. The molecule has 1 heterocycles. The summed E-state index contributed by atoms with van der Waals surface area (Å²) in [6, 6.07) is 17.2. The first kappa shape index (κ1) is 24.7. The van der Waals surface area contributed by atoms with Crippen LogP contribution < -0.4 is 4.74 Å². The van der Waals surface area contributed by atoms with Crippen molar-refractivity contribution in [3.8, 4) is 16.9 Å². The number of carbonyl (C=O) groups is 2. The van der Waals surface area contributed by atoms with E-state index in [9.17, 15) is 14.7 Å². The number of aromatic carboxylic acids is 1. The summed E-state index contributed by atoms with van der Waals surface area (Å²) >= 11 is 12.4. The van der Waals surface area contributed by atoms with E-state index in [1.165, 1.54) is 6.07 Å². The monoisotopic (exact) mass is 507 g/mol. The third-order valence-corrected chi connectivity index (χ3v) is 6.30. The lowest BCUT2D eigenvalue weighted by Crippen LogP contribution is -2.36. The molecule has 5 nitrogen and oxygen atoms in total. The summed E-state index contributed by atoms with van der Waals surface area (Å²) in [7, 11) is 0. The van der Waals surface area contributed by atoms with Gasteiger partial charge in [-0.15, -0.1) is 0 Å². The molecule has 4 rings (SSSR count). The van der Waals surface area contributed by atoms with Gasteiger partial charge >= 0.3 is 5.97 Å². The fraction of sp³-hybridized carbons (Fsp3) is 0.179. The fourth-order valence-corrected chi connectivity index (χ4v) is 4.51. The van der Waals surface area contributed by atoms with Crippen molar-refractivity contribution in [2.24, 2.45) is 4.99 Å². The number of carbonyl (C=O) groups excluding carboxylic acids is 1. The van der Waals surface area contributed by atoms with Crippen LogP contribution in [-0.2, 0) is 6.42 Å². The predicted octanol–water partition coefficient (Wildman–Crippen LogP) is 6.95. The summed E-state index contributed by atoms with van der Waals surface area (Å²) in [5.41, 5.74) is 1.68. The molecule has 3 aromatic rings. The van der Waals surface area contributed by atoms with Crippen molar-refractivity contribution in [1.29, 1.82) is 0 Å². The molecule has 35 heavy (non-hydrogen) atoms. The Labute approximate surface area is 213 Å². The molecule has 1 aliphatic rings. The lowest BCUT2D eigenvalue weighted by Gasteiger charge is -2.25. The van der Waals surface area contributed by atoms with Crippen LogP contribution in [0.1, 0.15) is 39.6 Å². The number of aliphatic imine (C=N–C) groups is 1. The van der Waals surface area contributed by atoms with Crippen LogP contribution in [0.5, 0.6) is 5.75 Å². The topological polar surface area (TPSA) is 76.0 Å². The van der Waals surface area contributed by atoms with Crippen LogP contribution in [0, 0.1) is 0 Å². The first-order chi connectivity index (χ1) is 16.8. The van der Waals surface area contributed by atoms with Gasteiger partial charge in [0.05, 0.1) is 17.2 Å². The van der Waals surface area contributed by atoms with Gasteiger partial charge in [0.25, 0.3) is 0 Å². The number of ketones is 1. The molecule has 1 aliphatic heterocycles. The lowest BCUT2D eigenvalue weighted by atomic mass is 9.83. The molecule has 1 N–H and O–H groups in total. The standard InChI is InChI=1S/C28H23Cl2NO4/c1-2-13-35-25-10-7-19(18-5-3-6-20(14-18)27(33)34)15-21(25)17-28(11-4-12-31-28)26(32)23-9-8-22(29)16-24(23)30/h3-12,14-16H,2,13,17H2,1H3,(H,33,34). The van der Waals surface area contributed by atoms with Crippen LogP contribution in [0.4, 0.5) is 0 Å². The van der Waals surface area contributed by atoms with E-state index < -0.39 is 11.5 Å². The summed E-state index contributed by atoms with van der Waals surface area (Å²) in [6.07, 6.45) is 6.18. The zero-order valence-electron chi connectivity index (χ0n) is 19.0. The van der Waals surface area contributed by atoms with Gasteiger partial charge in [-0.25, -0.2) is 4.79 Å². The summed E-state index contributed by atoms with van der Waals surface area (Å²) in [6.45, 7) is 2.53. The molecule has 3 aromatic carbocycles. The third kappa shape index (κ3) is 5.31. The van der Waals surface area contributed by atoms with Gasteiger partial charge in [-0.3, -0.25) is 9.79 Å². The molecule has 0 radical (unpaired) electrons. The van der Waals surface area contributed by atoms with Crippen molar-refractivity contribution in [3.63, 3.8) is 0 Å². The number of nitrogens with zero attached hydrogens (tertiary/aromatic N) is 1. The second-order valence-electron chi connectivity index (χ2n) is 8.25. The van der Waals surface area contributed by atoms with Gasteiger partial charge < -0.3 is 9.84 Å². The number of halogens is 2. The Bertz CT molecular complexity index is 1330. The highest BCUT2D eigenvalue weighted by Crippen LogP contribution is 2.36. The van der Waals surface area contributed by atoms with Crippen molar-refractivity contribution < 1.29 is 19.4 Å². The summed E-state index contributed by atoms with van der Waals surface area (Å²) in [5.74, 6) is -0.594. The third-order valence-electron chi connectivity index (χ3n) is 5.76. The van der Waals surface area contributed by atoms with Gasteiger partial charge in [0, 0.05) is 23.2 Å². The first-order valence-electron chi connectivity index (χ1n) is 11.2. The highest BCUT2D eigenvalue weighted by Gasteiger charge is 2.39. The number of benzene rings is 3. The lowest BCUT2D eigenvalue weighted by molar-refractivity contribution is 0.0696. The highest BCUT2D eigenvalue weighted by molar-refractivity contribution is 6.37. The first-order valence-corrected chi connectivity index (χ1v) is 11.9. The average molecular weight is 508 g/mol. The van der Waals surface area contributed by atoms with Gasteiger partial charge in [-0.1, -0.05) is 48.3 Å². The zero-order valence-corrected chi connectivity index (χ0v) is 20.5. The van der Waals surface area contributed by atoms with Gasteiger partial charge in [-0.05, 0) is 77.7 Å². The van der Waals surface area contributed by atoms with Gasteiger partial charge in [0.15, 0.2) is 5.78 Å². The van der Waals surface area contributed by atoms with E-state index in [1.54, 1.807) is 48.7 Å². The van der Waals surface area contributed by atoms with Crippen LogP contribution in [0.2, 0.25) is 10.0 Å². The second kappa shape index (κ2) is 10.5. The molecule has 0 fully saturated rings. The Hall–Kier alpha value is -3.41. The number of hydrogen-bond donors (Lipinski definition) is 1. The Balaban J connectivity index is 1.77. The van der Waals surface area contributed by atoms with Crippen molar-refractivity contribution in [3.05, 3.63) is 99.6 Å². The molecule has 0 saturated carbocycles. The minimum atomic E-state index is -1.19. The Kier molecular flexibility index (Phi) is 7.39. The van der Waals surface area contributed by atoms with Crippen LogP contribution >= 0.6 is 23.2 Å². The van der Waals surface area contributed by atoms with E-state index in [0.717, 1.165) is 23.1 Å². The van der Waals surface area contributed by atoms with Crippen LogP contribution in [-0.4, -0.2) is 35.2 Å². The van der Waals surface area contributed by atoms with Crippen molar-refractivity contribution in [2.75, 3.05) is 6.61 Å². The van der Waals surface area contributed by atoms with Crippen molar-refractivity contribution in [1.82, 2.24) is 0 Å². The highest BCUT2D eigenvalue weighted by atomic mass is 35.5. The molecule has 0 aromatic heterocycles. The number of carboxylic acid groups (broad SMARTS) is 1. The molecular formula is C28H23Cl2NO4. The van der Waals surface area contributed by atoms with E-state index >= 15 is 0 Å². The SMILES string of the molecule is CCCOc1ccc(-c2cccc(C(=O)O)c2)cc1CC1(C(=O)c2ccc(Cl)cc2Cl)C=CC=N1. The minimum Gasteiger partial charge on any atom is -0.493 e. The molecule has 0 aliphatic carbocycles. The fourth-order valence-electron chi connectivity index (χ4n) is 4.02. The van der Waals surface area contributed by atoms with Crippen molar-refractivity contribution in [2.45, 2.75) is 25.3 Å². The Morgan fingerprint density at radius 1 is 1.03 bits per heavy atom. The average Bonchev–Trinajstić information content (AvgIpc) is 3.32. The van der Waals surface area contributed by atoms with Gasteiger partial charge in [-0.2, -0.15) is 0 Å². The molecule has 0 bridgehead atoms. The number of rotatable bonds is 9. The van der Waals surface area contributed by atoms with E-state index in [4.69, 9.17) is 27.9 Å². The van der Waals surface area contributed by atoms with E-state index in [2.05, 4.69) is 4.99 Å². The van der Waals surface area contributed by atoms with Crippen molar-refractivity contribution >= 4 is 41.2 Å². The Morgan fingerprint density at radius 2 is 1.83 bits per heavy atom. The predicted molar refractivity (Wildman–Crippen MR) is 139 cm³/mol. The van der Waals surface area contributed by atoms with Gasteiger partial charge in [0.1, 0.15) is 11.3 Å². The maximum Gasteiger partial charge on any atom is 0.335 e. The van der Waals surface area contributed by atoms with E-state index in [0.29, 0.717) is 22.9 Å². The van der Waals surface area contributed by atoms with E-state index in [-0.39, 0.29) is 22.8 Å². The second-order valence-corrected chi connectivity index (χ2v) is 9.09. The van der Waals surface area contributed by atoms with Crippen LogP contribution in [0.3, 0.4) is 0 Å². The quantitative estimate of drug-likeness (QED) is 0.317. The molecule has 0 saturated heterocycles. The molecule has 0 amide bonds. The number of allylic oxidation sites excluding steroid dienone is 1. The number of Topliss-reactive ketones (excluding diaryl/α,β-unsaturated/α-hetero) is 1. The number of hydrogen-bond acceptors (Lipinski definition) is 4. The smallest absolute Gasteiger partial charge is 0.335 e. The normalized spacial score (nSPS) is 16.4. The molecule has 178 valence electrons.